The fourth-order valence-corrected chi connectivity index (χ4v) is 1.29. The maximum atomic E-state index is 11.6. The predicted molar refractivity (Wildman–Crippen MR) is 62.3 cm³/mol. The van der Waals surface area contributed by atoms with Gasteiger partial charge >= 0.3 is 0 Å². The third-order valence-corrected chi connectivity index (χ3v) is 2.09. The number of nitrogen functional groups attached to an aromatic ring is 1. The quantitative estimate of drug-likeness (QED) is 0.777. The molecule has 0 spiro atoms. The number of nitrogens with two attached hydrogens (primary N) is 1. The summed E-state index contributed by atoms with van der Waals surface area (Å²) in [4.78, 5) is 19.1. The zero-order valence-corrected chi connectivity index (χ0v) is 9.42. The molecule has 3 N–H and O–H groups in total. The smallest absolute Gasteiger partial charge is 0.246 e. The molecule has 17 heavy (non-hydrogen) atoms. The molecule has 1 amide bonds. The molecule has 2 aromatic heterocycles. The van der Waals surface area contributed by atoms with Gasteiger partial charge in [-0.05, 0) is 12.1 Å². The van der Waals surface area contributed by atoms with Crippen LogP contribution in [-0.2, 0) is 11.3 Å². The second kappa shape index (κ2) is 4.79. The lowest BCUT2D eigenvalue weighted by Crippen LogP contribution is -2.19. The maximum Gasteiger partial charge on any atom is 0.246 e. The number of aromatic nitrogens is 4. The van der Waals surface area contributed by atoms with Crippen molar-refractivity contribution >= 4 is 29.1 Å². The van der Waals surface area contributed by atoms with Crippen LogP contribution >= 0.6 is 11.6 Å². The minimum atomic E-state index is -0.251. The Morgan fingerprint density at radius 3 is 2.88 bits per heavy atom. The molecule has 2 aromatic rings. The van der Waals surface area contributed by atoms with Gasteiger partial charge < -0.3 is 11.1 Å². The Kier molecular flexibility index (Phi) is 3.20. The molecule has 7 nitrogen and oxygen atoms in total. The highest BCUT2D eigenvalue weighted by molar-refractivity contribution is 6.29. The standard InChI is InChI=1S/C9H9ClN6O/c10-7-2-1-6(3-12-7)14-8(17)4-16-5-13-9(11)15-16/h1-3,5H,4H2,(H2,11,15)(H,14,17). The first-order valence-electron chi connectivity index (χ1n) is 4.70. The summed E-state index contributed by atoms with van der Waals surface area (Å²) in [6, 6.07) is 3.24. The third kappa shape index (κ3) is 3.15. The minimum absolute atomic E-state index is 0.0346. The highest BCUT2D eigenvalue weighted by atomic mass is 35.5. The fourth-order valence-electron chi connectivity index (χ4n) is 1.18. The summed E-state index contributed by atoms with van der Waals surface area (Å²) in [6.45, 7) is 0.0346. The van der Waals surface area contributed by atoms with Crippen molar-refractivity contribution in [3.05, 3.63) is 29.8 Å². The van der Waals surface area contributed by atoms with Crippen LogP contribution in [0.1, 0.15) is 0 Å². The SMILES string of the molecule is Nc1ncn(CC(=O)Nc2ccc(Cl)nc2)n1. The Morgan fingerprint density at radius 2 is 2.29 bits per heavy atom. The van der Waals surface area contributed by atoms with E-state index in [1.807, 2.05) is 0 Å². The van der Waals surface area contributed by atoms with Gasteiger partial charge in [-0.1, -0.05) is 11.6 Å². The third-order valence-electron chi connectivity index (χ3n) is 1.87. The summed E-state index contributed by atoms with van der Waals surface area (Å²) in [5, 5.41) is 6.80. The number of hydrogen-bond donors (Lipinski definition) is 2. The molecule has 0 saturated carbocycles. The Bertz CT molecular complexity index is 523. The van der Waals surface area contributed by atoms with E-state index in [-0.39, 0.29) is 18.4 Å². The van der Waals surface area contributed by atoms with Gasteiger partial charge in [0.2, 0.25) is 11.9 Å². The van der Waals surface area contributed by atoms with Gasteiger partial charge in [-0.2, -0.15) is 0 Å². The van der Waals surface area contributed by atoms with Crippen molar-refractivity contribution in [3.8, 4) is 0 Å². The first kappa shape index (κ1) is 11.3. The Balaban J connectivity index is 1.95. The van der Waals surface area contributed by atoms with E-state index in [9.17, 15) is 4.79 Å². The predicted octanol–water partition coefficient (Wildman–Crippen LogP) is 0.547. The average Bonchev–Trinajstić information content (AvgIpc) is 2.67. The van der Waals surface area contributed by atoms with Crippen LogP contribution in [0, 0.1) is 0 Å². The molecule has 0 aliphatic rings. The van der Waals surface area contributed by atoms with Crippen LogP contribution in [0.2, 0.25) is 5.15 Å². The molecule has 0 saturated heterocycles. The van der Waals surface area contributed by atoms with E-state index in [2.05, 4.69) is 20.4 Å². The van der Waals surface area contributed by atoms with Crippen LogP contribution in [0.3, 0.4) is 0 Å². The molecule has 0 aromatic carbocycles. The highest BCUT2D eigenvalue weighted by Crippen LogP contribution is 2.09. The number of halogens is 1. The van der Waals surface area contributed by atoms with E-state index in [1.165, 1.54) is 17.2 Å². The van der Waals surface area contributed by atoms with Gasteiger partial charge in [-0.15, -0.1) is 5.10 Å². The zero-order chi connectivity index (χ0) is 12.3. The van der Waals surface area contributed by atoms with Crippen molar-refractivity contribution in [1.29, 1.82) is 0 Å². The van der Waals surface area contributed by atoms with Crippen LogP contribution in [0.5, 0.6) is 0 Å². The van der Waals surface area contributed by atoms with Crippen LogP contribution in [0.25, 0.3) is 0 Å². The number of nitrogens with zero attached hydrogens (tertiary/aromatic N) is 4. The highest BCUT2D eigenvalue weighted by Gasteiger charge is 2.05. The topological polar surface area (TPSA) is 98.7 Å². The number of amides is 1. The first-order valence-corrected chi connectivity index (χ1v) is 5.07. The maximum absolute atomic E-state index is 11.6. The summed E-state index contributed by atoms with van der Waals surface area (Å²) >= 11 is 5.62. The lowest BCUT2D eigenvalue weighted by atomic mass is 10.4. The first-order chi connectivity index (χ1) is 8.13. The summed E-state index contributed by atoms with van der Waals surface area (Å²) in [5.41, 5.74) is 5.89. The van der Waals surface area contributed by atoms with Crippen molar-refractivity contribution in [1.82, 2.24) is 19.7 Å². The number of pyridine rings is 1. The Morgan fingerprint density at radius 1 is 1.47 bits per heavy atom. The lowest BCUT2D eigenvalue weighted by Gasteiger charge is -2.04. The van der Waals surface area contributed by atoms with E-state index < -0.39 is 0 Å². The molecule has 2 rings (SSSR count). The number of carbonyl (C=O) groups excluding carboxylic acids is 1. The largest absolute Gasteiger partial charge is 0.367 e. The molecular weight excluding hydrogens is 244 g/mol. The van der Waals surface area contributed by atoms with E-state index in [0.717, 1.165) is 0 Å². The summed E-state index contributed by atoms with van der Waals surface area (Å²) in [6.07, 6.45) is 2.85. The molecule has 0 aliphatic heterocycles. The number of nitrogens with one attached hydrogen (secondary N) is 1. The van der Waals surface area contributed by atoms with Gasteiger partial charge in [0.25, 0.3) is 0 Å². The number of carbonyl (C=O) groups is 1. The Labute approximate surface area is 102 Å². The van der Waals surface area contributed by atoms with E-state index >= 15 is 0 Å². The van der Waals surface area contributed by atoms with Gasteiger partial charge in [0.05, 0.1) is 11.9 Å². The van der Waals surface area contributed by atoms with Crippen molar-refractivity contribution < 1.29 is 4.79 Å². The van der Waals surface area contributed by atoms with E-state index in [0.29, 0.717) is 10.8 Å². The molecule has 0 fully saturated rings. The summed E-state index contributed by atoms with van der Waals surface area (Å²) < 4.78 is 1.34. The van der Waals surface area contributed by atoms with Crippen LogP contribution in [0.15, 0.2) is 24.7 Å². The normalized spacial score (nSPS) is 10.2. The van der Waals surface area contributed by atoms with Gasteiger partial charge in [-0.25, -0.2) is 14.6 Å². The van der Waals surface area contributed by atoms with Crippen molar-refractivity contribution in [2.24, 2.45) is 0 Å². The molecule has 8 heteroatoms. The molecule has 88 valence electrons. The van der Waals surface area contributed by atoms with Crippen molar-refractivity contribution in [3.63, 3.8) is 0 Å². The van der Waals surface area contributed by atoms with Crippen molar-refractivity contribution in [2.75, 3.05) is 11.1 Å². The average molecular weight is 253 g/mol. The van der Waals surface area contributed by atoms with Gasteiger partial charge in [0.15, 0.2) is 0 Å². The fraction of sp³-hybridized carbons (Fsp3) is 0.111. The molecule has 0 radical (unpaired) electrons. The van der Waals surface area contributed by atoms with E-state index in [1.54, 1.807) is 12.1 Å². The van der Waals surface area contributed by atoms with Crippen LogP contribution < -0.4 is 11.1 Å². The number of anilines is 2. The molecule has 0 unspecified atom stereocenters. The second-order valence-electron chi connectivity index (χ2n) is 3.22. The number of hydrogen-bond acceptors (Lipinski definition) is 5. The summed E-state index contributed by atoms with van der Waals surface area (Å²) in [7, 11) is 0. The Hall–Kier alpha value is -2.15. The molecular formula is C9H9ClN6O. The molecule has 0 bridgehead atoms. The van der Waals surface area contributed by atoms with Crippen LogP contribution in [0.4, 0.5) is 11.6 Å². The number of rotatable bonds is 3. The zero-order valence-electron chi connectivity index (χ0n) is 8.67. The van der Waals surface area contributed by atoms with Gasteiger partial charge in [0, 0.05) is 0 Å². The minimum Gasteiger partial charge on any atom is -0.367 e. The monoisotopic (exact) mass is 252 g/mol. The van der Waals surface area contributed by atoms with Gasteiger partial charge in [0.1, 0.15) is 18.0 Å². The van der Waals surface area contributed by atoms with Gasteiger partial charge in [-0.3, -0.25) is 4.79 Å². The van der Waals surface area contributed by atoms with Crippen LogP contribution in [-0.4, -0.2) is 25.7 Å². The molecule has 0 atom stereocenters. The van der Waals surface area contributed by atoms with E-state index in [4.69, 9.17) is 17.3 Å². The molecule has 0 aliphatic carbocycles. The second-order valence-corrected chi connectivity index (χ2v) is 3.61. The van der Waals surface area contributed by atoms with Crippen molar-refractivity contribution in [2.45, 2.75) is 6.54 Å². The molecule has 2 heterocycles. The lowest BCUT2D eigenvalue weighted by molar-refractivity contribution is -0.116. The summed E-state index contributed by atoms with van der Waals surface area (Å²) in [5.74, 6) is -0.120.